The van der Waals surface area contributed by atoms with E-state index in [0.717, 1.165) is 0 Å². The third-order valence-electron chi connectivity index (χ3n) is 4.52. The normalized spacial score (nSPS) is 15.5. The Kier molecular flexibility index (Phi) is 6.77. The number of carbonyl (C=O) groups excluding carboxylic acids is 1. The number of sulfonamides is 1. The third-order valence-corrected chi connectivity index (χ3v) is 8.20. The minimum Gasteiger partial charge on any atom is -0.476 e. The van der Waals surface area contributed by atoms with Gasteiger partial charge in [0.15, 0.2) is 10.4 Å². The smallest absolute Gasteiger partial charge is 0.269 e. The van der Waals surface area contributed by atoms with E-state index in [4.69, 9.17) is 4.74 Å². The van der Waals surface area contributed by atoms with Crippen LogP contribution in [0.3, 0.4) is 0 Å². The number of aromatic nitrogens is 2. The molecule has 166 valence electrons. The lowest BCUT2D eigenvalue weighted by Gasteiger charge is -2.34. The van der Waals surface area contributed by atoms with Gasteiger partial charge in [0.2, 0.25) is 15.2 Å². The molecule has 11 heteroatoms. The van der Waals surface area contributed by atoms with Gasteiger partial charge in [0.25, 0.3) is 5.91 Å². The maximum atomic E-state index is 13.3. The van der Waals surface area contributed by atoms with Gasteiger partial charge in [-0.15, -0.1) is 16.8 Å². The van der Waals surface area contributed by atoms with Gasteiger partial charge < -0.3 is 4.74 Å². The molecule has 0 bridgehead atoms. The van der Waals surface area contributed by atoms with Crippen LogP contribution >= 0.6 is 23.1 Å². The van der Waals surface area contributed by atoms with Crippen molar-refractivity contribution in [3.05, 3.63) is 72.8 Å². The van der Waals surface area contributed by atoms with Crippen LogP contribution in [0.4, 0.5) is 10.8 Å². The Labute approximate surface area is 194 Å². The summed E-state index contributed by atoms with van der Waals surface area (Å²) in [5.74, 6) is 0.335. The molecular weight excluding hydrogens is 468 g/mol. The SMILES string of the molecule is C=CCSc1nnc(NC(=O)[C@@H]2CN(S(=O)(=O)Cc3ccccc3)c3ccccc3O2)s1. The van der Waals surface area contributed by atoms with Crippen molar-refractivity contribution in [2.45, 2.75) is 16.2 Å². The van der Waals surface area contributed by atoms with E-state index in [2.05, 4.69) is 22.1 Å². The summed E-state index contributed by atoms with van der Waals surface area (Å²) in [7, 11) is -3.76. The minimum absolute atomic E-state index is 0.144. The number of nitrogens with zero attached hydrogens (tertiary/aromatic N) is 3. The van der Waals surface area contributed by atoms with Gasteiger partial charge in [-0.25, -0.2) is 8.42 Å². The summed E-state index contributed by atoms with van der Waals surface area (Å²) >= 11 is 2.69. The predicted octanol–water partition coefficient (Wildman–Crippen LogP) is 3.55. The number of hydrogen-bond acceptors (Lipinski definition) is 8. The van der Waals surface area contributed by atoms with E-state index < -0.39 is 22.0 Å². The first-order valence-electron chi connectivity index (χ1n) is 9.64. The molecule has 1 atom stereocenters. The molecule has 32 heavy (non-hydrogen) atoms. The molecule has 2 aromatic carbocycles. The van der Waals surface area contributed by atoms with Crippen LogP contribution in [0.5, 0.6) is 5.75 Å². The number of rotatable bonds is 8. The number of fused-ring (bicyclic) bond motifs is 1. The average molecular weight is 489 g/mol. The van der Waals surface area contributed by atoms with Crippen molar-refractivity contribution in [3.8, 4) is 5.75 Å². The second-order valence-corrected chi connectivity index (χ2v) is 10.9. The number of benzene rings is 2. The molecule has 1 aromatic heterocycles. The van der Waals surface area contributed by atoms with E-state index in [9.17, 15) is 13.2 Å². The highest BCUT2D eigenvalue weighted by molar-refractivity contribution is 8.01. The number of carbonyl (C=O) groups is 1. The Balaban J connectivity index is 1.54. The maximum absolute atomic E-state index is 13.3. The van der Waals surface area contributed by atoms with Crippen LogP contribution in [-0.2, 0) is 20.6 Å². The highest BCUT2D eigenvalue weighted by atomic mass is 32.2. The Hall–Kier alpha value is -2.89. The van der Waals surface area contributed by atoms with Crippen molar-refractivity contribution >= 4 is 49.8 Å². The number of thioether (sulfide) groups is 1. The standard InChI is InChI=1S/C21H20N4O4S3/c1-2-12-30-21-24-23-20(31-21)22-19(26)18-13-25(16-10-6-7-11-17(16)29-18)32(27,28)14-15-8-4-3-5-9-15/h2-11,18H,1,12-14H2,(H,22,23,26)/t18-/m0/s1. The molecule has 0 spiro atoms. The molecule has 0 unspecified atom stereocenters. The summed E-state index contributed by atoms with van der Waals surface area (Å²) in [6.45, 7) is 3.52. The first-order valence-corrected chi connectivity index (χ1v) is 13.1. The molecule has 0 saturated carbocycles. The Bertz CT molecular complexity index is 1210. The zero-order valence-electron chi connectivity index (χ0n) is 16.9. The molecule has 4 rings (SSSR count). The summed E-state index contributed by atoms with van der Waals surface area (Å²) in [5, 5.41) is 11.0. The Morgan fingerprint density at radius 2 is 1.97 bits per heavy atom. The van der Waals surface area contributed by atoms with Crippen LogP contribution in [0.25, 0.3) is 0 Å². The van der Waals surface area contributed by atoms with Crippen molar-refractivity contribution in [1.29, 1.82) is 0 Å². The summed E-state index contributed by atoms with van der Waals surface area (Å²) < 4.78 is 34.3. The van der Waals surface area contributed by atoms with Crippen LogP contribution in [0.15, 0.2) is 71.6 Å². The topological polar surface area (TPSA) is 101 Å². The van der Waals surface area contributed by atoms with E-state index in [1.807, 2.05) is 6.07 Å². The zero-order valence-corrected chi connectivity index (χ0v) is 19.3. The molecule has 0 aliphatic carbocycles. The van der Waals surface area contributed by atoms with Gasteiger partial charge in [-0.1, -0.05) is 71.6 Å². The molecular formula is C21H20N4O4S3. The van der Waals surface area contributed by atoms with E-state index in [1.54, 1.807) is 54.6 Å². The molecule has 1 N–H and O–H groups in total. The molecule has 1 amide bonds. The zero-order chi connectivity index (χ0) is 22.6. The fraction of sp³-hybridized carbons (Fsp3) is 0.190. The fourth-order valence-electron chi connectivity index (χ4n) is 3.10. The molecule has 3 aromatic rings. The van der Waals surface area contributed by atoms with E-state index in [0.29, 0.717) is 32.2 Å². The molecule has 2 heterocycles. The number of hydrogen-bond donors (Lipinski definition) is 1. The molecule has 8 nitrogen and oxygen atoms in total. The molecule has 0 fully saturated rings. The lowest BCUT2D eigenvalue weighted by atomic mass is 10.2. The average Bonchev–Trinajstić information content (AvgIpc) is 3.24. The third kappa shape index (κ3) is 5.12. The first kappa shape index (κ1) is 22.3. The van der Waals surface area contributed by atoms with E-state index in [-0.39, 0.29) is 12.3 Å². The second-order valence-electron chi connectivity index (χ2n) is 6.81. The van der Waals surface area contributed by atoms with Gasteiger partial charge in [0.05, 0.1) is 18.0 Å². The fourth-order valence-corrected chi connectivity index (χ4v) is 6.20. The van der Waals surface area contributed by atoms with Crippen LogP contribution in [0.2, 0.25) is 0 Å². The molecule has 0 saturated heterocycles. The van der Waals surface area contributed by atoms with Gasteiger partial charge in [0, 0.05) is 5.75 Å². The summed E-state index contributed by atoms with van der Waals surface area (Å²) in [6.07, 6.45) is 0.714. The first-order chi connectivity index (χ1) is 15.5. The van der Waals surface area contributed by atoms with Crippen LogP contribution in [0, 0.1) is 0 Å². The highest BCUT2D eigenvalue weighted by Crippen LogP contribution is 2.36. The van der Waals surface area contributed by atoms with Crippen LogP contribution in [0.1, 0.15) is 5.56 Å². The van der Waals surface area contributed by atoms with Crippen molar-refractivity contribution in [2.75, 3.05) is 21.9 Å². The van der Waals surface area contributed by atoms with Gasteiger partial charge in [-0.3, -0.25) is 14.4 Å². The number of nitrogens with one attached hydrogen (secondary N) is 1. The molecule has 1 aliphatic heterocycles. The van der Waals surface area contributed by atoms with Crippen LogP contribution < -0.4 is 14.4 Å². The van der Waals surface area contributed by atoms with Crippen molar-refractivity contribution in [2.24, 2.45) is 0 Å². The van der Waals surface area contributed by atoms with Gasteiger partial charge in [0.1, 0.15) is 5.75 Å². The number of amides is 1. The van der Waals surface area contributed by atoms with Gasteiger partial charge in [-0.2, -0.15) is 0 Å². The summed E-state index contributed by atoms with van der Waals surface area (Å²) in [6, 6.07) is 15.7. The second kappa shape index (κ2) is 9.72. The van der Waals surface area contributed by atoms with E-state index in [1.165, 1.54) is 27.4 Å². The highest BCUT2D eigenvalue weighted by Gasteiger charge is 2.37. The monoisotopic (exact) mass is 488 g/mol. The van der Waals surface area contributed by atoms with Crippen LogP contribution in [-0.4, -0.2) is 42.9 Å². The van der Waals surface area contributed by atoms with Crippen molar-refractivity contribution in [1.82, 2.24) is 10.2 Å². The Morgan fingerprint density at radius 1 is 1.22 bits per heavy atom. The van der Waals surface area contributed by atoms with Crippen molar-refractivity contribution < 1.29 is 17.9 Å². The van der Waals surface area contributed by atoms with Crippen molar-refractivity contribution in [3.63, 3.8) is 0 Å². The maximum Gasteiger partial charge on any atom is 0.269 e. The number of para-hydroxylation sites is 2. The van der Waals surface area contributed by atoms with E-state index >= 15 is 0 Å². The minimum atomic E-state index is -3.76. The largest absolute Gasteiger partial charge is 0.476 e. The molecule has 1 aliphatic rings. The predicted molar refractivity (Wildman–Crippen MR) is 127 cm³/mol. The summed E-state index contributed by atoms with van der Waals surface area (Å²) in [4.78, 5) is 12.9. The van der Waals surface area contributed by atoms with Gasteiger partial charge in [-0.05, 0) is 17.7 Å². The number of ether oxygens (including phenoxy) is 1. The summed E-state index contributed by atoms with van der Waals surface area (Å²) in [5.41, 5.74) is 1.07. The van der Waals surface area contributed by atoms with Gasteiger partial charge >= 0.3 is 0 Å². The Morgan fingerprint density at radius 3 is 2.75 bits per heavy atom. The lowest BCUT2D eigenvalue weighted by Crippen LogP contribution is -2.49. The number of anilines is 2. The quantitative estimate of drug-likeness (QED) is 0.294. The lowest BCUT2D eigenvalue weighted by molar-refractivity contribution is -0.122. The molecule has 0 radical (unpaired) electrons.